The first-order valence-corrected chi connectivity index (χ1v) is 3.56. The van der Waals surface area contributed by atoms with Crippen molar-refractivity contribution in [3.63, 3.8) is 0 Å². The monoisotopic (exact) mass is 179 g/mol. The molecule has 0 aromatic rings. The Bertz CT molecular complexity index is 128. The van der Waals surface area contributed by atoms with E-state index in [1.807, 2.05) is 0 Å². The van der Waals surface area contributed by atoms with E-state index in [0.717, 1.165) is 0 Å². The van der Waals surface area contributed by atoms with Crippen LogP contribution in [0.1, 0.15) is 0 Å². The number of methoxy groups -OCH3 is 1. The number of hydrogen-bond acceptors (Lipinski definition) is 6. The number of rotatable bonds is 2. The van der Waals surface area contributed by atoms with Crippen molar-refractivity contribution in [2.75, 3.05) is 13.7 Å². The van der Waals surface area contributed by atoms with Crippen LogP contribution in [0.5, 0.6) is 0 Å². The van der Waals surface area contributed by atoms with Crippen molar-refractivity contribution >= 4 is 0 Å². The van der Waals surface area contributed by atoms with Crippen molar-refractivity contribution in [3.05, 3.63) is 0 Å². The smallest absolute Gasteiger partial charge is 0.183 e. The topological polar surface area (TPSA) is 94.2 Å². The largest absolute Gasteiger partial charge is 0.388 e. The number of hydrogen-bond donors (Lipinski definition) is 3. The Morgan fingerprint density at radius 3 is 2.50 bits per heavy atom. The second kappa shape index (κ2) is 4.13. The number of ether oxygens (including phenoxy) is 2. The van der Waals surface area contributed by atoms with E-state index >= 15 is 0 Å². The van der Waals surface area contributed by atoms with Crippen molar-refractivity contribution in [2.24, 2.45) is 5.90 Å². The Labute approximate surface area is 69.8 Å². The lowest BCUT2D eigenvalue weighted by Crippen LogP contribution is -2.55. The molecule has 0 amide bonds. The van der Waals surface area contributed by atoms with Gasteiger partial charge in [-0.05, 0) is 0 Å². The first kappa shape index (κ1) is 9.85. The van der Waals surface area contributed by atoms with Crippen LogP contribution in [0, 0.1) is 0 Å². The maximum Gasteiger partial charge on any atom is 0.183 e. The normalized spacial score (nSPS) is 43.0. The third kappa shape index (κ3) is 1.74. The average Bonchev–Trinajstić information content (AvgIpc) is 2.08. The van der Waals surface area contributed by atoms with E-state index in [2.05, 4.69) is 4.84 Å². The molecular formula is C6H13NO5. The zero-order chi connectivity index (χ0) is 9.14. The van der Waals surface area contributed by atoms with Crippen molar-refractivity contribution in [1.82, 2.24) is 0 Å². The second-order valence-corrected chi connectivity index (χ2v) is 2.59. The van der Waals surface area contributed by atoms with Gasteiger partial charge in [-0.15, -0.1) is 0 Å². The fourth-order valence-corrected chi connectivity index (χ4v) is 1.19. The highest BCUT2D eigenvalue weighted by atomic mass is 16.7. The minimum Gasteiger partial charge on any atom is -0.388 e. The summed E-state index contributed by atoms with van der Waals surface area (Å²) in [5.74, 6) is 4.92. The standard InChI is InChI=1S/C6H13NO5/c1-10-5-4(12-7)3(8)2-11-6(5)9/h3-6,8-9H,2,7H2,1H3/t3-,4+,5-,6-/m0/s1. The number of nitrogens with two attached hydrogens (primary N) is 1. The molecule has 6 heteroatoms. The molecule has 6 nitrogen and oxygen atoms in total. The highest BCUT2D eigenvalue weighted by Crippen LogP contribution is 2.17. The van der Waals surface area contributed by atoms with Gasteiger partial charge in [0.05, 0.1) is 6.61 Å². The highest BCUT2D eigenvalue weighted by Gasteiger charge is 2.40. The molecule has 1 saturated heterocycles. The molecule has 0 aromatic heterocycles. The molecule has 12 heavy (non-hydrogen) atoms. The van der Waals surface area contributed by atoms with E-state index in [-0.39, 0.29) is 6.61 Å². The Hall–Kier alpha value is -0.240. The Balaban J connectivity index is 2.61. The summed E-state index contributed by atoms with van der Waals surface area (Å²) >= 11 is 0. The summed E-state index contributed by atoms with van der Waals surface area (Å²) in [5.41, 5.74) is 0. The van der Waals surface area contributed by atoms with Gasteiger partial charge in [-0.3, -0.25) is 4.84 Å². The van der Waals surface area contributed by atoms with Crippen molar-refractivity contribution < 1.29 is 24.5 Å². The minimum atomic E-state index is -1.10. The summed E-state index contributed by atoms with van der Waals surface area (Å²) in [7, 11) is 1.38. The van der Waals surface area contributed by atoms with Gasteiger partial charge in [0.25, 0.3) is 0 Å². The molecule has 0 unspecified atom stereocenters. The first-order chi connectivity index (χ1) is 5.70. The van der Waals surface area contributed by atoms with Gasteiger partial charge >= 0.3 is 0 Å². The molecule has 0 saturated carbocycles. The minimum absolute atomic E-state index is 0.0110. The fraction of sp³-hybridized carbons (Fsp3) is 1.00. The molecule has 0 bridgehead atoms. The lowest BCUT2D eigenvalue weighted by molar-refractivity contribution is -0.269. The SMILES string of the molecule is CO[C@H]1[C@H](ON)[C@@H](O)CO[C@@H]1O. The molecule has 1 fully saturated rings. The predicted octanol–water partition coefficient (Wildman–Crippen LogP) is -2.03. The maximum absolute atomic E-state index is 9.27. The Kier molecular flexibility index (Phi) is 3.39. The van der Waals surface area contributed by atoms with Gasteiger partial charge in [-0.2, -0.15) is 0 Å². The second-order valence-electron chi connectivity index (χ2n) is 2.59. The quantitative estimate of drug-likeness (QED) is 0.423. The third-order valence-electron chi connectivity index (χ3n) is 1.85. The van der Waals surface area contributed by atoms with Crippen LogP contribution >= 0.6 is 0 Å². The molecular weight excluding hydrogens is 166 g/mol. The summed E-state index contributed by atoms with van der Waals surface area (Å²) in [6, 6.07) is 0. The lowest BCUT2D eigenvalue weighted by atomic mass is 10.1. The molecule has 0 aromatic carbocycles. The average molecular weight is 179 g/mol. The molecule has 0 spiro atoms. The van der Waals surface area contributed by atoms with Crippen LogP contribution in [-0.4, -0.2) is 48.5 Å². The molecule has 1 aliphatic rings. The first-order valence-electron chi connectivity index (χ1n) is 3.56. The lowest BCUT2D eigenvalue weighted by Gasteiger charge is -2.35. The van der Waals surface area contributed by atoms with Gasteiger partial charge in [-0.1, -0.05) is 0 Å². The van der Waals surface area contributed by atoms with Crippen molar-refractivity contribution in [1.29, 1.82) is 0 Å². The van der Waals surface area contributed by atoms with E-state index in [1.165, 1.54) is 7.11 Å². The zero-order valence-corrected chi connectivity index (χ0v) is 6.71. The molecule has 1 aliphatic heterocycles. The van der Waals surface area contributed by atoms with Gasteiger partial charge in [0.2, 0.25) is 0 Å². The molecule has 1 rings (SSSR count). The molecule has 1 heterocycles. The van der Waals surface area contributed by atoms with E-state index in [9.17, 15) is 10.2 Å². The molecule has 0 aliphatic carbocycles. The van der Waals surface area contributed by atoms with Gasteiger partial charge < -0.3 is 19.7 Å². The number of aliphatic hydroxyl groups is 2. The van der Waals surface area contributed by atoms with E-state index in [1.54, 1.807) is 0 Å². The van der Waals surface area contributed by atoms with Gasteiger partial charge in [-0.25, -0.2) is 5.90 Å². The summed E-state index contributed by atoms with van der Waals surface area (Å²) < 4.78 is 9.61. The summed E-state index contributed by atoms with van der Waals surface area (Å²) in [6.45, 7) is -0.0110. The Morgan fingerprint density at radius 1 is 1.42 bits per heavy atom. The predicted molar refractivity (Wildman–Crippen MR) is 37.8 cm³/mol. The van der Waals surface area contributed by atoms with Crippen LogP contribution in [0.4, 0.5) is 0 Å². The molecule has 4 atom stereocenters. The number of aliphatic hydroxyl groups excluding tert-OH is 2. The van der Waals surface area contributed by atoms with E-state index in [0.29, 0.717) is 0 Å². The van der Waals surface area contributed by atoms with Crippen molar-refractivity contribution in [3.8, 4) is 0 Å². The van der Waals surface area contributed by atoms with Crippen LogP contribution in [0.25, 0.3) is 0 Å². The van der Waals surface area contributed by atoms with E-state index < -0.39 is 24.6 Å². The third-order valence-corrected chi connectivity index (χ3v) is 1.85. The molecule has 0 radical (unpaired) electrons. The maximum atomic E-state index is 9.27. The Morgan fingerprint density at radius 2 is 2.08 bits per heavy atom. The summed E-state index contributed by atoms with van der Waals surface area (Å²) in [6.07, 6.45) is -3.48. The van der Waals surface area contributed by atoms with Crippen LogP contribution in [0.3, 0.4) is 0 Å². The molecule has 4 N–H and O–H groups in total. The highest BCUT2D eigenvalue weighted by molar-refractivity contribution is 4.83. The zero-order valence-electron chi connectivity index (χ0n) is 6.71. The van der Waals surface area contributed by atoms with Gasteiger partial charge in [0.15, 0.2) is 6.29 Å². The summed E-state index contributed by atoms with van der Waals surface area (Å²) in [5, 5.41) is 18.5. The van der Waals surface area contributed by atoms with E-state index in [4.69, 9.17) is 15.4 Å². The van der Waals surface area contributed by atoms with Gasteiger partial charge in [0, 0.05) is 7.11 Å². The van der Waals surface area contributed by atoms with Crippen LogP contribution in [-0.2, 0) is 14.3 Å². The summed E-state index contributed by atoms with van der Waals surface area (Å²) in [4.78, 5) is 4.46. The fourth-order valence-electron chi connectivity index (χ4n) is 1.19. The molecule has 72 valence electrons. The van der Waals surface area contributed by atoms with Gasteiger partial charge in [0.1, 0.15) is 18.3 Å². The van der Waals surface area contributed by atoms with Crippen LogP contribution < -0.4 is 5.90 Å². The van der Waals surface area contributed by atoms with Crippen LogP contribution in [0.2, 0.25) is 0 Å². The van der Waals surface area contributed by atoms with Crippen molar-refractivity contribution in [2.45, 2.75) is 24.6 Å². The van der Waals surface area contributed by atoms with Crippen LogP contribution in [0.15, 0.2) is 0 Å².